The van der Waals surface area contributed by atoms with Crippen molar-refractivity contribution in [3.05, 3.63) is 248 Å². The van der Waals surface area contributed by atoms with Gasteiger partial charge in [-0.1, -0.05) is 12.1 Å². The number of nitrogens with zero attached hydrogens (tertiary/aromatic N) is 10. The van der Waals surface area contributed by atoms with Crippen LogP contribution in [0.3, 0.4) is 0 Å². The topological polar surface area (TPSA) is 137 Å². The van der Waals surface area contributed by atoms with E-state index in [9.17, 15) is 17.6 Å². The number of rotatable bonds is 32. The molecular formula is C118H175F4N11O9S. The van der Waals surface area contributed by atoms with Crippen molar-refractivity contribution in [2.75, 3.05) is 168 Å². The minimum Gasteiger partial charge on any atom is -0.497 e. The molecule has 2 heterocycles. The van der Waals surface area contributed by atoms with Gasteiger partial charge in [-0.05, 0) is 402 Å². The minimum atomic E-state index is -3.13. The zero-order valence-corrected chi connectivity index (χ0v) is 94.5. The number of nitrogens with one attached hydrogen (secondary N) is 1. The van der Waals surface area contributed by atoms with Gasteiger partial charge in [0, 0.05) is 198 Å². The monoisotopic (exact) mass is 2000 g/mol. The molecule has 1 aliphatic rings. The van der Waals surface area contributed by atoms with Crippen LogP contribution in [0.4, 0.5) is 74.6 Å². The molecule has 1 aromatic heterocycles. The summed E-state index contributed by atoms with van der Waals surface area (Å²) < 4.78 is 97.5. The number of aromatic nitrogens is 1. The third-order valence-electron chi connectivity index (χ3n) is 23.9. The van der Waals surface area contributed by atoms with Gasteiger partial charge in [-0.25, -0.2) is 4.39 Å². The van der Waals surface area contributed by atoms with Gasteiger partial charge >= 0.3 is 6.11 Å². The maximum absolute atomic E-state index is 13.3. The Bertz CT molecular complexity index is 5170. The smallest absolute Gasteiger partial charge is 0.394 e. The van der Waals surface area contributed by atoms with Crippen molar-refractivity contribution in [2.45, 2.75) is 257 Å². The number of ether oxygens (including phenoxy) is 9. The van der Waals surface area contributed by atoms with Gasteiger partial charge in [0.05, 0.1) is 55.4 Å². The van der Waals surface area contributed by atoms with Gasteiger partial charge in [-0.15, -0.1) is 11.8 Å². The van der Waals surface area contributed by atoms with E-state index in [1.54, 1.807) is 82.7 Å². The number of alkyl halides is 2. The second-order valence-corrected chi connectivity index (χ2v) is 38.7. The zero-order valence-electron chi connectivity index (χ0n) is 93.7. The summed E-state index contributed by atoms with van der Waals surface area (Å²) in [7, 11) is 26.0. The van der Waals surface area contributed by atoms with Crippen LogP contribution in [0.15, 0.2) is 235 Å². The van der Waals surface area contributed by atoms with Gasteiger partial charge in [0.2, 0.25) is 0 Å². The van der Waals surface area contributed by atoms with Crippen molar-refractivity contribution >= 4 is 79.5 Å². The van der Waals surface area contributed by atoms with Crippen molar-refractivity contribution < 1.29 is 60.2 Å². The van der Waals surface area contributed by atoms with E-state index >= 15 is 0 Å². The first-order valence-electron chi connectivity index (χ1n) is 49.7. The molecule has 11 aromatic rings. The van der Waals surface area contributed by atoms with E-state index in [0.29, 0.717) is 60.2 Å². The number of methoxy groups -OCH3 is 6. The Hall–Kier alpha value is -12.1. The number of anilines is 10. The van der Waals surface area contributed by atoms with E-state index in [0.717, 1.165) is 70.5 Å². The lowest BCUT2D eigenvalue weighted by molar-refractivity contribution is -0.158. The quantitative estimate of drug-likeness (QED) is 0.0243. The van der Waals surface area contributed by atoms with Crippen molar-refractivity contribution in [1.29, 1.82) is 0 Å². The molecule has 0 atom stereocenters. The van der Waals surface area contributed by atoms with Gasteiger partial charge in [0.25, 0.3) is 5.95 Å². The first kappa shape index (κ1) is 125. The van der Waals surface area contributed by atoms with Gasteiger partial charge < -0.3 is 92.0 Å². The predicted octanol–water partition coefficient (Wildman–Crippen LogP) is 29.4. The summed E-state index contributed by atoms with van der Waals surface area (Å²) >= 11 is 1.78. The molecule has 143 heavy (non-hydrogen) atoms. The van der Waals surface area contributed by atoms with Crippen molar-refractivity contribution in [3.63, 3.8) is 0 Å². The number of hydrogen-bond acceptors (Lipinski definition) is 21. The molecule has 0 saturated heterocycles. The summed E-state index contributed by atoms with van der Waals surface area (Å²) in [4.78, 5) is 24.8. The zero-order chi connectivity index (χ0) is 108. The lowest BCUT2D eigenvalue weighted by Gasteiger charge is -2.34. The van der Waals surface area contributed by atoms with Crippen LogP contribution in [0.1, 0.15) is 178 Å². The standard InChI is InChI=1S/C15H19NO.C13H19NO.C13H21NO.C12H17F2NO.C12H19NO.C11H16FNO.C11H17NO.C11H17NS.C10H15FN2O.C10H15NO/c1-11(2)16(3)13-8-9-14-12(10-13)6-5-7-15(14)17-4;1-10(2)14-8-4-5-11-9-12(15-3)6-7-13(11)14;1-10(2)14(5)12-6-8-13(9-7-12)15-11(3)4;1-9(2)15(4)10-5-7-11(8-6-10)16-12(3,13)14;1-5-14-12-8-6-11(7-9-12)13(4)10(2)3;1-8(2)13(3)9-5-6-11(14-4)10(12)7-9;2*1-9(2)12(3)10-5-7-11(13-4)8-6-10;1-7(2)13(3)9-6-5-8(14-4)10(11)12-9;1-8(2)11-9-4-6-10(12-3)7-5-9/h5-11H,1-4H3;6-7,9-10H,4-5,8H2,1-3H3;6-11H,1-5H3;5-9H,1-4H3;6-10H,5H2,1-4H3;5-8H,1-4H3;2*5-9H,1-4H3;5-7H,1-4H3;4-8,11H,1-3H3. The van der Waals surface area contributed by atoms with Gasteiger partial charge in [0.1, 0.15) is 46.1 Å². The number of thioether (sulfide) groups is 1. The van der Waals surface area contributed by atoms with Crippen LogP contribution < -0.4 is 92.0 Å². The van der Waals surface area contributed by atoms with E-state index < -0.39 is 12.1 Å². The molecule has 10 aromatic carbocycles. The second-order valence-electron chi connectivity index (χ2n) is 37.8. The van der Waals surface area contributed by atoms with E-state index in [-0.39, 0.29) is 35.2 Å². The van der Waals surface area contributed by atoms with Crippen LogP contribution >= 0.6 is 11.8 Å². The molecule has 0 unspecified atom stereocenters. The lowest BCUT2D eigenvalue weighted by atomic mass is 10.0. The van der Waals surface area contributed by atoms with Crippen LogP contribution in [-0.4, -0.2) is 196 Å². The van der Waals surface area contributed by atoms with Gasteiger partial charge in [-0.3, -0.25) is 0 Å². The Morgan fingerprint density at radius 1 is 0.385 bits per heavy atom. The number of pyridine rings is 1. The molecule has 0 spiro atoms. The fourth-order valence-electron chi connectivity index (χ4n) is 13.5. The largest absolute Gasteiger partial charge is 0.497 e. The maximum Gasteiger partial charge on any atom is 0.394 e. The SMILES string of the molecule is CC(C)N(C)c1ccc(OC(C)(F)F)cc1.CC(C)Oc1ccc(N(C)C(C)C)cc1.CCOc1ccc(N(C)C(C)C)cc1.COc1ccc(N(C)C(C)C)cc1.COc1ccc(N(C)C(C)C)cc1F.COc1ccc(N(C)C(C)C)nc1F.COc1ccc(NC(C)C)cc1.COc1ccc2c(c1)CCCN2C(C)C.COc1cccc2cc(N(C)C(C)C)ccc12.CSc1ccc(N(C)C(C)C)cc1. The number of halogens is 4. The van der Waals surface area contributed by atoms with Crippen LogP contribution in [-0.2, 0) is 6.42 Å². The Labute approximate surface area is 863 Å². The number of benzene rings is 10. The first-order valence-corrected chi connectivity index (χ1v) is 50.9. The third-order valence-corrected chi connectivity index (χ3v) is 24.6. The van der Waals surface area contributed by atoms with Gasteiger partial charge in [-0.2, -0.15) is 18.2 Å². The van der Waals surface area contributed by atoms with Crippen molar-refractivity contribution in [1.82, 2.24) is 4.98 Å². The molecular weight excluding hydrogens is 1820 g/mol. The molecule has 0 bridgehead atoms. The second kappa shape index (κ2) is 64.5. The molecule has 0 saturated carbocycles. The molecule has 25 heteroatoms. The summed E-state index contributed by atoms with van der Waals surface area (Å²) in [6.45, 7) is 51.5. The summed E-state index contributed by atoms with van der Waals surface area (Å²) in [6.07, 6.45) is 1.62. The first-order chi connectivity index (χ1) is 67.4. The Kier molecular flexibility index (Phi) is 56.4. The van der Waals surface area contributed by atoms with E-state index in [4.69, 9.17) is 37.9 Å². The van der Waals surface area contributed by atoms with Crippen molar-refractivity contribution in [3.8, 4) is 51.7 Å². The highest BCUT2D eigenvalue weighted by Crippen LogP contribution is 2.35. The van der Waals surface area contributed by atoms with Crippen LogP contribution in [0.5, 0.6) is 51.7 Å². The average molecular weight is 2000 g/mol. The van der Waals surface area contributed by atoms with E-state index in [1.807, 2.05) is 149 Å². The fraction of sp³-hybridized carbons (Fsp3) is 0.466. The average Bonchev–Trinajstić information content (AvgIpc) is 0.810. The minimum absolute atomic E-state index is 0.172. The molecule has 0 aliphatic carbocycles. The summed E-state index contributed by atoms with van der Waals surface area (Å²) in [5.74, 6) is 5.92. The maximum atomic E-state index is 13.3. The summed E-state index contributed by atoms with van der Waals surface area (Å²) in [5, 5.41) is 5.68. The lowest BCUT2D eigenvalue weighted by Crippen LogP contribution is -2.35. The van der Waals surface area contributed by atoms with Crippen LogP contribution in [0.25, 0.3) is 10.8 Å². The number of aryl methyl sites for hydroxylation is 1. The normalized spacial score (nSPS) is 11.1. The molecule has 1 aliphatic heterocycles. The fourth-order valence-corrected chi connectivity index (χ4v) is 13.9. The highest BCUT2D eigenvalue weighted by molar-refractivity contribution is 7.98. The molecule has 12 rings (SSSR count). The summed E-state index contributed by atoms with van der Waals surface area (Å²) in [6, 6.07) is 79.7. The summed E-state index contributed by atoms with van der Waals surface area (Å²) in [5.41, 5.74) is 12.0. The highest BCUT2D eigenvalue weighted by Gasteiger charge is 2.24. The molecule has 790 valence electrons. The number of fused-ring (bicyclic) bond motifs is 2. The molecule has 1 N–H and O–H groups in total. The third kappa shape index (κ3) is 44.7. The Morgan fingerprint density at radius 3 is 1.13 bits per heavy atom. The van der Waals surface area contributed by atoms with E-state index in [2.05, 4.69) is 314 Å². The predicted molar refractivity (Wildman–Crippen MR) is 607 cm³/mol. The van der Waals surface area contributed by atoms with Gasteiger partial charge in [0.15, 0.2) is 17.3 Å². The molecule has 0 amide bonds. The molecule has 0 radical (unpaired) electrons. The van der Waals surface area contributed by atoms with Crippen LogP contribution in [0, 0.1) is 11.8 Å². The van der Waals surface area contributed by atoms with Crippen LogP contribution in [0.2, 0.25) is 0 Å². The number of hydrogen-bond donors (Lipinski definition) is 1. The molecule has 20 nitrogen and oxygen atoms in total. The Morgan fingerprint density at radius 2 is 0.755 bits per heavy atom. The molecule has 0 fully saturated rings. The highest BCUT2D eigenvalue weighted by atomic mass is 32.2. The van der Waals surface area contributed by atoms with E-state index in [1.165, 1.54) is 89.6 Å². The van der Waals surface area contributed by atoms with Crippen molar-refractivity contribution in [2.24, 2.45) is 0 Å². The Balaban J connectivity index is 0.000000409.